The highest BCUT2D eigenvalue weighted by molar-refractivity contribution is 7.19. The summed E-state index contributed by atoms with van der Waals surface area (Å²) in [5, 5.41) is 13.3. The quantitative estimate of drug-likeness (QED) is 0.594. The molecule has 0 atom stereocenters. The van der Waals surface area contributed by atoms with Crippen molar-refractivity contribution in [2.24, 2.45) is 0 Å². The molecule has 0 bridgehead atoms. The van der Waals surface area contributed by atoms with E-state index in [4.69, 9.17) is 0 Å². The third-order valence-electron chi connectivity index (χ3n) is 4.40. The first kappa shape index (κ1) is 15.0. The molecule has 24 heavy (non-hydrogen) atoms. The number of nitrogens with zero attached hydrogens (tertiary/aromatic N) is 2. The second-order valence-corrected chi connectivity index (χ2v) is 6.85. The maximum atomic E-state index is 12.7. The van der Waals surface area contributed by atoms with E-state index in [2.05, 4.69) is 39.8 Å². The van der Waals surface area contributed by atoms with Crippen molar-refractivity contribution in [3.8, 4) is 10.4 Å². The minimum absolute atomic E-state index is 0.0209. The third kappa shape index (κ3) is 2.06. The summed E-state index contributed by atoms with van der Waals surface area (Å²) in [6.07, 6.45) is 0. The molecular weight excluding hydrogens is 320 g/mol. The van der Waals surface area contributed by atoms with E-state index in [0.717, 1.165) is 32.7 Å². The maximum absolute atomic E-state index is 12.7. The number of thiophene rings is 1. The highest BCUT2D eigenvalue weighted by atomic mass is 32.1. The van der Waals surface area contributed by atoms with Crippen molar-refractivity contribution in [1.29, 1.82) is 0 Å². The van der Waals surface area contributed by atoms with Crippen molar-refractivity contribution in [3.63, 3.8) is 0 Å². The molecule has 1 aromatic carbocycles. The van der Waals surface area contributed by atoms with Crippen LogP contribution in [0.2, 0.25) is 0 Å². The molecule has 122 valence electrons. The number of anilines is 1. The fourth-order valence-corrected chi connectivity index (χ4v) is 4.04. The van der Waals surface area contributed by atoms with Gasteiger partial charge in [-0.3, -0.25) is 9.89 Å². The molecule has 5 nitrogen and oxygen atoms in total. The molecule has 0 radical (unpaired) electrons. The Morgan fingerprint density at radius 1 is 1.29 bits per heavy atom. The Bertz CT molecular complexity index is 1120. The van der Waals surface area contributed by atoms with E-state index < -0.39 is 0 Å². The Hall–Kier alpha value is -2.60. The summed E-state index contributed by atoms with van der Waals surface area (Å²) in [5.74, 6) is 0. The van der Waals surface area contributed by atoms with Gasteiger partial charge in [0.1, 0.15) is 5.52 Å². The Morgan fingerprint density at radius 3 is 2.83 bits per heavy atom. The predicted molar refractivity (Wildman–Crippen MR) is 101 cm³/mol. The van der Waals surface area contributed by atoms with E-state index in [1.165, 1.54) is 4.88 Å². The Morgan fingerprint density at radius 2 is 2.12 bits per heavy atom. The lowest BCUT2D eigenvalue weighted by molar-refractivity contribution is 0.766. The van der Waals surface area contributed by atoms with Crippen LogP contribution in [0, 0.1) is 6.92 Å². The molecule has 3 heterocycles. The third-order valence-corrected chi connectivity index (χ3v) is 5.55. The number of aryl methyl sites for hydroxylation is 2. The molecule has 0 saturated carbocycles. The molecule has 3 aromatic heterocycles. The van der Waals surface area contributed by atoms with Gasteiger partial charge in [0, 0.05) is 29.5 Å². The van der Waals surface area contributed by atoms with Crippen LogP contribution in [-0.2, 0) is 6.54 Å². The summed E-state index contributed by atoms with van der Waals surface area (Å²) in [7, 11) is 1.92. The van der Waals surface area contributed by atoms with Gasteiger partial charge >= 0.3 is 0 Å². The summed E-state index contributed by atoms with van der Waals surface area (Å²) in [6.45, 7) is 4.53. The monoisotopic (exact) mass is 338 g/mol. The van der Waals surface area contributed by atoms with Crippen LogP contribution in [0.3, 0.4) is 0 Å². The van der Waals surface area contributed by atoms with E-state index in [9.17, 15) is 4.79 Å². The zero-order valence-corrected chi connectivity index (χ0v) is 14.6. The predicted octanol–water partition coefficient (Wildman–Crippen LogP) is 3.98. The van der Waals surface area contributed by atoms with Crippen molar-refractivity contribution < 1.29 is 0 Å². The normalized spacial score (nSPS) is 11.5. The lowest BCUT2D eigenvalue weighted by Gasteiger charge is -2.10. The number of pyridine rings is 1. The zero-order chi connectivity index (χ0) is 16.8. The molecule has 4 aromatic rings. The van der Waals surface area contributed by atoms with E-state index in [1.54, 1.807) is 11.3 Å². The second-order valence-electron chi connectivity index (χ2n) is 5.77. The van der Waals surface area contributed by atoms with Crippen LogP contribution in [0.1, 0.15) is 12.6 Å². The minimum atomic E-state index is 0.0209. The largest absolute Gasteiger partial charge is 0.380 e. The number of fused-ring (bicyclic) bond motifs is 3. The van der Waals surface area contributed by atoms with Gasteiger partial charge in [0.25, 0.3) is 5.56 Å². The van der Waals surface area contributed by atoms with E-state index in [1.807, 2.05) is 31.5 Å². The van der Waals surface area contributed by atoms with Crippen molar-refractivity contribution in [2.45, 2.75) is 20.4 Å². The number of hydrogen-bond acceptors (Lipinski definition) is 4. The molecule has 0 fully saturated rings. The average Bonchev–Trinajstić information content (AvgIpc) is 3.22. The number of rotatable bonds is 3. The summed E-state index contributed by atoms with van der Waals surface area (Å²) in [4.78, 5) is 13.9. The van der Waals surface area contributed by atoms with Crippen LogP contribution >= 0.6 is 11.3 Å². The highest BCUT2D eigenvalue weighted by Gasteiger charge is 2.15. The molecule has 0 aliphatic heterocycles. The first-order valence-electron chi connectivity index (χ1n) is 7.93. The van der Waals surface area contributed by atoms with Gasteiger partial charge in [0.2, 0.25) is 0 Å². The molecule has 0 aliphatic carbocycles. The summed E-state index contributed by atoms with van der Waals surface area (Å²) >= 11 is 1.71. The van der Waals surface area contributed by atoms with Gasteiger partial charge in [-0.1, -0.05) is 6.07 Å². The zero-order valence-electron chi connectivity index (χ0n) is 13.8. The first-order chi connectivity index (χ1) is 11.6. The van der Waals surface area contributed by atoms with Gasteiger partial charge in [-0.05, 0) is 43.7 Å². The molecule has 0 saturated heterocycles. The summed E-state index contributed by atoms with van der Waals surface area (Å²) < 4.78 is 1.82. The molecule has 0 spiro atoms. The first-order valence-corrected chi connectivity index (χ1v) is 8.75. The van der Waals surface area contributed by atoms with Gasteiger partial charge in [-0.15, -0.1) is 11.3 Å². The highest BCUT2D eigenvalue weighted by Crippen LogP contribution is 2.34. The molecule has 2 N–H and O–H groups in total. The Kier molecular flexibility index (Phi) is 3.42. The van der Waals surface area contributed by atoms with Crippen LogP contribution < -0.4 is 10.9 Å². The number of benzene rings is 1. The molecule has 0 aliphatic rings. The molecule has 4 rings (SSSR count). The van der Waals surface area contributed by atoms with Gasteiger partial charge in [-0.25, -0.2) is 0 Å². The van der Waals surface area contributed by atoms with E-state index in [0.29, 0.717) is 11.9 Å². The van der Waals surface area contributed by atoms with Crippen LogP contribution in [0.15, 0.2) is 35.1 Å². The molecule has 0 unspecified atom stereocenters. The number of nitrogens with one attached hydrogen (secondary N) is 2. The van der Waals surface area contributed by atoms with Crippen molar-refractivity contribution >= 4 is 38.1 Å². The topological polar surface area (TPSA) is 62.7 Å². The van der Waals surface area contributed by atoms with Gasteiger partial charge < -0.3 is 9.88 Å². The number of hydrogen-bond donors (Lipinski definition) is 2. The van der Waals surface area contributed by atoms with Gasteiger partial charge in [0.15, 0.2) is 0 Å². The molecule has 6 heteroatoms. The number of aromatic nitrogens is 3. The van der Waals surface area contributed by atoms with Crippen molar-refractivity contribution in [1.82, 2.24) is 14.8 Å². The fraction of sp³-hybridized carbons (Fsp3) is 0.222. The average molecular weight is 338 g/mol. The van der Waals surface area contributed by atoms with Crippen LogP contribution in [0.4, 0.5) is 5.00 Å². The van der Waals surface area contributed by atoms with Gasteiger partial charge in [0.05, 0.1) is 15.9 Å². The van der Waals surface area contributed by atoms with Crippen LogP contribution in [0.5, 0.6) is 0 Å². The standard InChI is InChI=1S/C18H18N4OS/c1-4-22-13-6-5-11(14-7-8-15(19-3)24-14)9-12(13)17-16(18(22)23)10(2)20-21-17/h5-9,19H,4H2,1-3H3,(H,20,21). The smallest absolute Gasteiger partial charge is 0.262 e. The lowest BCUT2D eigenvalue weighted by atomic mass is 10.1. The van der Waals surface area contributed by atoms with Crippen LogP contribution in [-0.4, -0.2) is 21.8 Å². The summed E-state index contributed by atoms with van der Waals surface area (Å²) in [5.41, 5.74) is 3.66. The summed E-state index contributed by atoms with van der Waals surface area (Å²) in [6, 6.07) is 10.4. The number of H-pyrrole nitrogens is 1. The second kappa shape index (κ2) is 5.49. The Labute approximate surface area is 142 Å². The van der Waals surface area contributed by atoms with Gasteiger partial charge in [-0.2, -0.15) is 5.10 Å². The SMILES string of the molecule is CCn1c(=O)c2c(C)[nH]nc2c2cc(-c3ccc(NC)s3)ccc21. The van der Waals surface area contributed by atoms with Crippen molar-refractivity contribution in [2.75, 3.05) is 12.4 Å². The Balaban J connectivity index is 2.07. The minimum Gasteiger partial charge on any atom is -0.380 e. The number of aromatic amines is 1. The molecule has 0 amide bonds. The lowest BCUT2D eigenvalue weighted by Crippen LogP contribution is -2.20. The van der Waals surface area contributed by atoms with E-state index >= 15 is 0 Å². The fourth-order valence-electron chi connectivity index (χ4n) is 3.19. The van der Waals surface area contributed by atoms with Crippen LogP contribution in [0.25, 0.3) is 32.2 Å². The molecular formula is C18H18N4OS. The van der Waals surface area contributed by atoms with Crippen molar-refractivity contribution in [3.05, 3.63) is 46.4 Å². The maximum Gasteiger partial charge on any atom is 0.262 e. The van der Waals surface area contributed by atoms with E-state index in [-0.39, 0.29) is 5.56 Å².